The van der Waals surface area contributed by atoms with Gasteiger partial charge in [-0.15, -0.1) is 0 Å². The first-order chi connectivity index (χ1) is 5.16. The Hall–Kier alpha value is -0.240. The van der Waals surface area contributed by atoms with Crippen molar-refractivity contribution in [1.29, 1.82) is 0 Å². The van der Waals surface area contributed by atoms with Crippen LogP contribution in [0.4, 0.5) is 0 Å². The molecule has 72 valence electrons. The van der Waals surface area contributed by atoms with Crippen molar-refractivity contribution in [1.82, 2.24) is 0 Å². The van der Waals surface area contributed by atoms with Gasteiger partial charge in [-0.05, 0) is 6.92 Å². The molecule has 0 bridgehead atoms. The molecule has 1 fully saturated rings. The lowest BCUT2D eigenvalue weighted by molar-refractivity contribution is -0.125. The van der Waals surface area contributed by atoms with Gasteiger partial charge in [0.25, 0.3) is 0 Å². The first-order valence-corrected chi connectivity index (χ1v) is 3.75. The number of hydrogen-bond donors (Lipinski definition) is 5. The summed E-state index contributed by atoms with van der Waals surface area (Å²) >= 11 is 0. The van der Waals surface area contributed by atoms with Crippen molar-refractivity contribution < 1.29 is 4.74 Å². The van der Waals surface area contributed by atoms with E-state index in [-0.39, 0.29) is 13.0 Å². The van der Waals surface area contributed by atoms with E-state index in [0.29, 0.717) is 0 Å². The SMILES string of the molecule is CC1(N)CC(N)(N)C(N)(N)CO1. The third kappa shape index (κ3) is 1.58. The molecule has 0 aromatic rings. The summed E-state index contributed by atoms with van der Waals surface area (Å²) in [4.78, 5) is 0. The number of rotatable bonds is 0. The minimum Gasteiger partial charge on any atom is -0.358 e. The Morgan fingerprint density at radius 3 is 1.83 bits per heavy atom. The topological polar surface area (TPSA) is 139 Å². The highest BCUT2D eigenvalue weighted by atomic mass is 16.5. The maximum Gasteiger partial charge on any atom is 0.120 e. The molecular weight excluding hydrogens is 158 g/mol. The van der Waals surface area contributed by atoms with Gasteiger partial charge in [-0.3, -0.25) is 0 Å². The molecule has 10 N–H and O–H groups in total. The molecule has 6 heteroatoms. The lowest BCUT2D eigenvalue weighted by atomic mass is 9.86. The van der Waals surface area contributed by atoms with Crippen LogP contribution in [0.2, 0.25) is 0 Å². The second kappa shape index (κ2) is 2.38. The normalized spacial score (nSPS) is 39.5. The molecule has 1 saturated heterocycles. The predicted molar refractivity (Wildman–Crippen MR) is 45.4 cm³/mol. The fourth-order valence-corrected chi connectivity index (χ4v) is 1.22. The summed E-state index contributed by atoms with van der Waals surface area (Å²) in [5.74, 6) is 0. The summed E-state index contributed by atoms with van der Waals surface area (Å²) in [6.45, 7) is 1.75. The van der Waals surface area contributed by atoms with Crippen LogP contribution in [0.1, 0.15) is 13.3 Å². The smallest absolute Gasteiger partial charge is 0.120 e. The lowest BCUT2D eigenvalue weighted by Gasteiger charge is -2.49. The Morgan fingerprint density at radius 1 is 1.00 bits per heavy atom. The molecule has 1 rings (SSSR count). The summed E-state index contributed by atoms with van der Waals surface area (Å²) in [5.41, 5.74) is 25.1. The van der Waals surface area contributed by atoms with Crippen LogP contribution >= 0.6 is 0 Å². The van der Waals surface area contributed by atoms with Gasteiger partial charge in [0, 0.05) is 6.42 Å². The number of hydrogen-bond acceptors (Lipinski definition) is 6. The third-order valence-electron chi connectivity index (χ3n) is 2.15. The predicted octanol–water partition coefficient (Wildman–Crippen LogP) is -2.69. The Balaban J connectivity index is 2.82. The number of nitrogens with two attached hydrogens (primary N) is 5. The summed E-state index contributed by atoms with van der Waals surface area (Å²) in [6.07, 6.45) is 0.229. The fourth-order valence-electron chi connectivity index (χ4n) is 1.22. The summed E-state index contributed by atoms with van der Waals surface area (Å²) in [5, 5.41) is 0. The van der Waals surface area contributed by atoms with E-state index in [1.807, 2.05) is 0 Å². The first kappa shape index (κ1) is 9.85. The van der Waals surface area contributed by atoms with Crippen LogP contribution in [-0.2, 0) is 4.74 Å². The highest BCUT2D eigenvalue weighted by Gasteiger charge is 2.49. The minimum absolute atomic E-state index is 0.0625. The highest BCUT2D eigenvalue weighted by molar-refractivity contribution is 5.05. The van der Waals surface area contributed by atoms with E-state index in [4.69, 9.17) is 33.4 Å². The van der Waals surface area contributed by atoms with E-state index in [2.05, 4.69) is 0 Å². The van der Waals surface area contributed by atoms with Gasteiger partial charge in [0.2, 0.25) is 0 Å². The van der Waals surface area contributed by atoms with Gasteiger partial charge in [0.05, 0.1) is 6.61 Å². The highest BCUT2D eigenvalue weighted by Crippen LogP contribution is 2.26. The van der Waals surface area contributed by atoms with Gasteiger partial charge in [-0.1, -0.05) is 0 Å². The maximum absolute atomic E-state index is 5.70. The molecule has 0 spiro atoms. The molecule has 0 aromatic carbocycles. The van der Waals surface area contributed by atoms with Gasteiger partial charge in [-0.25, -0.2) is 0 Å². The Morgan fingerprint density at radius 2 is 1.50 bits per heavy atom. The van der Waals surface area contributed by atoms with Crippen molar-refractivity contribution in [2.45, 2.75) is 30.4 Å². The van der Waals surface area contributed by atoms with Crippen molar-refractivity contribution in [3.05, 3.63) is 0 Å². The molecule has 12 heavy (non-hydrogen) atoms. The standard InChI is InChI=1S/C6H17N5O/c1-4(7)2-5(8,9)6(10,11)3-12-4/h2-3,7-11H2,1H3. The molecule has 0 aliphatic carbocycles. The van der Waals surface area contributed by atoms with Crippen molar-refractivity contribution in [2.75, 3.05) is 6.61 Å². The monoisotopic (exact) mass is 175 g/mol. The number of ether oxygens (including phenoxy) is 1. The molecule has 1 atom stereocenters. The molecule has 1 aliphatic heterocycles. The Labute approximate surface area is 71.4 Å². The summed E-state index contributed by atoms with van der Waals surface area (Å²) in [6, 6.07) is 0. The van der Waals surface area contributed by atoms with E-state index in [1.54, 1.807) is 6.92 Å². The van der Waals surface area contributed by atoms with Crippen LogP contribution < -0.4 is 28.7 Å². The van der Waals surface area contributed by atoms with Crippen LogP contribution in [0.15, 0.2) is 0 Å². The van der Waals surface area contributed by atoms with Gasteiger partial charge in [-0.2, -0.15) is 0 Å². The van der Waals surface area contributed by atoms with Crippen LogP contribution in [0, 0.1) is 0 Å². The first-order valence-electron chi connectivity index (χ1n) is 3.75. The van der Waals surface area contributed by atoms with Crippen molar-refractivity contribution >= 4 is 0 Å². The van der Waals surface area contributed by atoms with E-state index in [9.17, 15) is 0 Å². The van der Waals surface area contributed by atoms with Crippen molar-refractivity contribution in [3.63, 3.8) is 0 Å². The fraction of sp³-hybridized carbons (Fsp3) is 1.00. The maximum atomic E-state index is 5.70. The van der Waals surface area contributed by atoms with Gasteiger partial charge in [0.1, 0.15) is 17.1 Å². The van der Waals surface area contributed by atoms with Crippen LogP contribution in [-0.4, -0.2) is 23.7 Å². The molecule has 0 aromatic heterocycles. The molecule has 1 unspecified atom stereocenters. The minimum atomic E-state index is -1.22. The zero-order valence-corrected chi connectivity index (χ0v) is 7.21. The molecule has 6 nitrogen and oxygen atoms in total. The second-order valence-electron chi connectivity index (χ2n) is 3.86. The van der Waals surface area contributed by atoms with Gasteiger partial charge in [0.15, 0.2) is 0 Å². The molecule has 0 amide bonds. The molecule has 1 aliphatic rings. The summed E-state index contributed by atoms with van der Waals surface area (Å²) in [7, 11) is 0. The average Bonchev–Trinajstić information content (AvgIpc) is 1.79. The van der Waals surface area contributed by atoms with Gasteiger partial charge < -0.3 is 33.4 Å². The van der Waals surface area contributed by atoms with Crippen molar-refractivity contribution in [2.24, 2.45) is 28.7 Å². The zero-order chi connectivity index (χ0) is 9.62. The molecule has 0 saturated carbocycles. The Kier molecular flexibility index (Phi) is 1.95. The summed E-state index contributed by atoms with van der Waals surface area (Å²) < 4.78 is 5.18. The van der Waals surface area contributed by atoms with E-state index in [0.717, 1.165) is 0 Å². The van der Waals surface area contributed by atoms with E-state index < -0.39 is 17.1 Å². The molecular formula is C6H17N5O. The Bertz CT molecular complexity index is 188. The van der Waals surface area contributed by atoms with Crippen LogP contribution in [0.25, 0.3) is 0 Å². The zero-order valence-electron chi connectivity index (χ0n) is 7.21. The average molecular weight is 175 g/mol. The largest absolute Gasteiger partial charge is 0.358 e. The van der Waals surface area contributed by atoms with E-state index in [1.165, 1.54) is 0 Å². The third-order valence-corrected chi connectivity index (χ3v) is 2.15. The van der Waals surface area contributed by atoms with Crippen LogP contribution in [0.3, 0.4) is 0 Å². The molecule has 0 radical (unpaired) electrons. The second-order valence-corrected chi connectivity index (χ2v) is 3.86. The quantitative estimate of drug-likeness (QED) is 0.254. The van der Waals surface area contributed by atoms with Crippen LogP contribution in [0.5, 0.6) is 0 Å². The lowest BCUT2D eigenvalue weighted by Crippen LogP contribution is -2.83. The van der Waals surface area contributed by atoms with E-state index >= 15 is 0 Å². The van der Waals surface area contributed by atoms with Crippen molar-refractivity contribution in [3.8, 4) is 0 Å². The molecule has 1 heterocycles. The van der Waals surface area contributed by atoms with Gasteiger partial charge >= 0.3 is 0 Å².